The average Bonchev–Trinajstić information content (AvgIpc) is 2.83. The summed E-state index contributed by atoms with van der Waals surface area (Å²) in [6.45, 7) is 19.6. The Morgan fingerprint density at radius 3 is 2.40 bits per heavy atom. The first kappa shape index (κ1) is 23.9. The van der Waals surface area contributed by atoms with Gasteiger partial charge in [0.05, 0.1) is 20.5 Å². The molecule has 3 heterocycles. The van der Waals surface area contributed by atoms with Crippen LogP contribution in [0.1, 0.15) is 67.3 Å². The summed E-state index contributed by atoms with van der Waals surface area (Å²) in [5.74, 6) is 0.890. The maximum atomic E-state index is 5.06. The van der Waals surface area contributed by atoms with Crippen molar-refractivity contribution >= 4 is 19.0 Å². The van der Waals surface area contributed by atoms with Crippen molar-refractivity contribution in [1.29, 1.82) is 0 Å². The van der Waals surface area contributed by atoms with Crippen molar-refractivity contribution in [2.45, 2.75) is 71.1 Å². The van der Waals surface area contributed by atoms with Gasteiger partial charge in [0.1, 0.15) is 0 Å². The van der Waals surface area contributed by atoms with Gasteiger partial charge in [-0.3, -0.25) is 4.99 Å². The van der Waals surface area contributed by atoms with Gasteiger partial charge < -0.3 is 0 Å². The van der Waals surface area contributed by atoms with Gasteiger partial charge in [-0.25, -0.2) is 0 Å². The Morgan fingerprint density at radius 2 is 1.69 bits per heavy atom. The summed E-state index contributed by atoms with van der Waals surface area (Å²) >= 11 is 0. The summed E-state index contributed by atoms with van der Waals surface area (Å²) in [5, 5.41) is 1.57. The van der Waals surface area contributed by atoms with E-state index in [-0.39, 0.29) is 6.04 Å². The second-order valence-corrected chi connectivity index (χ2v) is 16.8. The molecule has 0 N–H and O–H groups in total. The van der Waals surface area contributed by atoms with Crippen LogP contribution in [0, 0.1) is 0 Å². The zero-order valence-corrected chi connectivity index (χ0v) is 23.2. The lowest BCUT2D eigenvalue weighted by atomic mass is 9.76. The predicted molar refractivity (Wildman–Crippen MR) is 152 cm³/mol. The van der Waals surface area contributed by atoms with Crippen molar-refractivity contribution < 1.29 is 4.57 Å². The van der Waals surface area contributed by atoms with Gasteiger partial charge in [-0.05, 0) is 54.0 Å². The maximum absolute atomic E-state index is 5.06. The molecular weight excluding hydrogens is 440 g/mol. The molecule has 2 atom stereocenters. The number of benzene rings is 2. The molecule has 2 nitrogen and oxygen atoms in total. The Kier molecular flexibility index (Phi) is 6.17. The minimum Gasteiger partial charge on any atom is -0.285 e. The largest absolute Gasteiger partial charge is 0.285 e. The molecule has 2 aromatic carbocycles. The van der Waals surface area contributed by atoms with Crippen LogP contribution in [-0.4, -0.2) is 20.3 Å². The highest BCUT2D eigenvalue weighted by Gasteiger charge is 2.43. The van der Waals surface area contributed by atoms with E-state index in [2.05, 4.69) is 112 Å². The molecule has 0 aliphatic carbocycles. The van der Waals surface area contributed by atoms with Crippen LogP contribution in [0.5, 0.6) is 0 Å². The van der Waals surface area contributed by atoms with E-state index < -0.39 is 8.07 Å². The molecule has 0 fully saturated rings. The summed E-state index contributed by atoms with van der Waals surface area (Å²) in [7, 11) is -1.55. The van der Waals surface area contributed by atoms with Crippen LogP contribution < -0.4 is 9.75 Å². The predicted octanol–water partition coefficient (Wildman–Crippen LogP) is 6.96. The van der Waals surface area contributed by atoms with Crippen molar-refractivity contribution in [2.24, 2.45) is 4.99 Å². The molecule has 180 valence electrons. The topological polar surface area (TPSA) is 16.2 Å². The molecule has 2 unspecified atom stereocenters. The molecule has 0 bridgehead atoms. The smallest absolute Gasteiger partial charge is 0.213 e. The average molecular weight is 480 g/mol. The minimum absolute atomic E-state index is 0.220. The molecule has 3 heteroatoms. The van der Waals surface area contributed by atoms with Crippen molar-refractivity contribution in [3.63, 3.8) is 0 Å². The number of rotatable bonds is 2. The first-order valence-electron chi connectivity index (χ1n) is 13.1. The molecule has 2 aliphatic heterocycles. The fraction of sp³-hybridized carbons (Fsp3) is 0.375. The van der Waals surface area contributed by atoms with E-state index in [4.69, 9.17) is 4.99 Å². The van der Waals surface area contributed by atoms with E-state index >= 15 is 0 Å². The van der Waals surface area contributed by atoms with Gasteiger partial charge in [-0.2, -0.15) is 4.57 Å². The summed E-state index contributed by atoms with van der Waals surface area (Å²) < 4.78 is 2.59. The third-order valence-corrected chi connectivity index (χ3v) is 10.00. The van der Waals surface area contributed by atoms with Crippen LogP contribution in [0.4, 0.5) is 0 Å². The third kappa shape index (κ3) is 4.25. The summed E-state index contributed by atoms with van der Waals surface area (Å²) in [5.41, 5.74) is 10.7. The normalized spacial score (nSPS) is 19.9. The second-order valence-electron chi connectivity index (χ2n) is 11.7. The van der Waals surface area contributed by atoms with Gasteiger partial charge in [0.15, 0.2) is 12.2 Å². The molecule has 2 aliphatic rings. The highest BCUT2D eigenvalue weighted by molar-refractivity contribution is 6.89. The second kappa shape index (κ2) is 9.02. The van der Waals surface area contributed by atoms with Gasteiger partial charge in [0, 0.05) is 28.1 Å². The zero-order chi connectivity index (χ0) is 24.9. The van der Waals surface area contributed by atoms with Crippen molar-refractivity contribution in [3.8, 4) is 11.3 Å². The van der Waals surface area contributed by atoms with Crippen molar-refractivity contribution in [1.82, 2.24) is 0 Å². The number of aryl methyl sites for hydroxylation is 1. The van der Waals surface area contributed by atoms with Gasteiger partial charge in [0.2, 0.25) is 5.69 Å². The van der Waals surface area contributed by atoms with E-state index in [9.17, 15) is 0 Å². The number of aromatic nitrogens is 1. The first-order valence-corrected chi connectivity index (χ1v) is 16.6. The molecule has 3 aromatic rings. The third-order valence-electron chi connectivity index (χ3n) is 7.97. The number of fused-ring (bicyclic) bond motifs is 7. The van der Waals surface area contributed by atoms with Crippen LogP contribution >= 0.6 is 0 Å². The monoisotopic (exact) mass is 479 g/mol. The van der Waals surface area contributed by atoms with Gasteiger partial charge in [0.25, 0.3) is 0 Å². The molecule has 1 aromatic heterocycles. The molecule has 0 amide bonds. The number of hydrogen-bond acceptors (Lipinski definition) is 1. The van der Waals surface area contributed by atoms with Crippen LogP contribution in [0.3, 0.4) is 0 Å². The number of nitrogens with zero attached hydrogens (tertiary/aromatic N) is 2. The summed E-state index contributed by atoms with van der Waals surface area (Å²) in [4.78, 5) is 5.06. The van der Waals surface area contributed by atoms with Gasteiger partial charge in [-0.1, -0.05) is 82.5 Å². The Labute approximate surface area is 212 Å². The fourth-order valence-electron chi connectivity index (χ4n) is 6.15. The Balaban J connectivity index is 1.75. The van der Waals surface area contributed by atoms with Crippen LogP contribution in [0.2, 0.25) is 19.6 Å². The van der Waals surface area contributed by atoms with Crippen LogP contribution in [-0.2, 0) is 6.42 Å². The van der Waals surface area contributed by atoms with Gasteiger partial charge in [-0.15, -0.1) is 0 Å². The quantitative estimate of drug-likeness (QED) is 0.215. The highest BCUT2D eigenvalue weighted by Crippen LogP contribution is 2.44. The molecule has 0 spiro atoms. The molecule has 5 rings (SSSR count). The lowest BCUT2D eigenvalue weighted by Crippen LogP contribution is -2.54. The summed E-state index contributed by atoms with van der Waals surface area (Å²) in [6, 6.07) is 20.6. The van der Waals surface area contributed by atoms with Crippen molar-refractivity contribution in [3.05, 3.63) is 95.2 Å². The molecular formula is C32H39N2Si+. The lowest BCUT2D eigenvalue weighted by molar-refractivity contribution is -0.708. The van der Waals surface area contributed by atoms with Crippen LogP contribution in [0.15, 0.2) is 77.9 Å². The molecule has 35 heavy (non-hydrogen) atoms. The molecule has 0 saturated heterocycles. The maximum Gasteiger partial charge on any atom is 0.213 e. The van der Waals surface area contributed by atoms with E-state index in [1.54, 1.807) is 5.19 Å². The van der Waals surface area contributed by atoms with E-state index in [1.165, 1.54) is 39.1 Å². The van der Waals surface area contributed by atoms with E-state index in [1.807, 2.05) is 0 Å². The molecule has 0 saturated carbocycles. The van der Waals surface area contributed by atoms with E-state index in [0.29, 0.717) is 18.4 Å². The highest BCUT2D eigenvalue weighted by atomic mass is 28.3. The Bertz CT molecular complexity index is 1330. The van der Waals surface area contributed by atoms with Crippen LogP contribution in [0.25, 0.3) is 11.3 Å². The summed E-state index contributed by atoms with van der Waals surface area (Å²) in [6.07, 6.45) is 4.67. The first-order chi connectivity index (χ1) is 16.7. The fourth-order valence-corrected chi connectivity index (χ4v) is 7.90. The SMILES string of the molecule is C=C1CN=C(C)c2ccccc2CCC2c3ccccc3-c3cc(C(C)C)c([Si](C)(C)C)c[n+]3C12. The van der Waals surface area contributed by atoms with Gasteiger partial charge >= 0.3 is 0 Å². The number of pyridine rings is 1. The minimum atomic E-state index is -1.55. The zero-order valence-electron chi connectivity index (χ0n) is 22.2. The standard InChI is InChI=1S/C32H39N2Si/c1-21(2)29-18-30-27-15-11-10-14-26(27)28-17-16-24-12-8-9-13-25(24)23(4)33-19-22(3)32(28)34(30)20-31(29)35(5,6)7/h8-15,18,20-21,28,32H,3,16-17,19H2,1-2,4-7H3/q+1. The van der Waals surface area contributed by atoms with Crippen molar-refractivity contribution in [2.75, 3.05) is 6.54 Å². The lowest BCUT2D eigenvalue weighted by Gasteiger charge is -2.34. The Morgan fingerprint density at radius 1 is 1.00 bits per heavy atom. The van der Waals surface area contributed by atoms with E-state index in [0.717, 1.165) is 18.6 Å². The number of hydrogen-bond donors (Lipinski definition) is 0. The molecule has 0 radical (unpaired) electrons. The Hall–Kier alpha value is -2.78. The number of aliphatic imine (C=N–C) groups is 1.